The third kappa shape index (κ3) is 5.43. The zero-order valence-electron chi connectivity index (χ0n) is 21.0. The Balaban J connectivity index is 1.24. The van der Waals surface area contributed by atoms with Gasteiger partial charge in [0.1, 0.15) is 9.97 Å². The van der Waals surface area contributed by atoms with Crippen LogP contribution in [0.3, 0.4) is 0 Å². The van der Waals surface area contributed by atoms with Gasteiger partial charge in [0, 0.05) is 59.8 Å². The number of nitrogens with one attached hydrogen (secondary N) is 3. The number of oxazole rings is 1. The van der Waals surface area contributed by atoms with E-state index in [1.54, 1.807) is 29.2 Å². The van der Waals surface area contributed by atoms with Crippen LogP contribution in [0.4, 0.5) is 4.79 Å². The molecule has 2 amide bonds. The lowest BCUT2D eigenvalue weighted by molar-refractivity contribution is 0.0502. The van der Waals surface area contributed by atoms with E-state index in [0.29, 0.717) is 36.6 Å². The molecule has 3 aromatic rings. The monoisotopic (exact) mass is 610 g/mol. The first-order valence-electron chi connectivity index (χ1n) is 12.6. The molecule has 6 rings (SSSR count). The minimum atomic E-state index is -3.80. The molecule has 5 heterocycles. The number of amides is 2. The molecule has 3 atom stereocenters. The maximum absolute atomic E-state index is 13.7. The molecule has 0 radical (unpaired) electrons. The second-order valence-corrected chi connectivity index (χ2v) is 14.4. The lowest BCUT2D eigenvalue weighted by Gasteiger charge is -2.40. The predicted octanol–water partition coefficient (Wildman–Crippen LogP) is 3.16. The van der Waals surface area contributed by atoms with Crippen molar-refractivity contribution < 1.29 is 22.4 Å². The average Bonchev–Trinajstić information content (AvgIpc) is 3.64. The number of hydrogen-bond donors (Lipinski definition) is 3. The van der Waals surface area contributed by atoms with Crippen molar-refractivity contribution in [2.45, 2.75) is 55.2 Å². The maximum Gasteiger partial charge on any atom is 0.310 e. The van der Waals surface area contributed by atoms with Crippen molar-refractivity contribution in [1.82, 2.24) is 29.5 Å². The van der Waals surface area contributed by atoms with Crippen molar-refractivity contribution in [3.8, 4) is 0 Å². The van der Waals surface area contributed by atoms with Gasteiger partial charge in [-0.3, -0.25) is 9.59 Å². The molecule has 0 spiro atoms. The summed E-state index contributed by atoms with van der Waals surface area (Å²) in [6, 6.07) is 6.77. The normalized spacial score (nSPS) is 24.2. The highest BCUT2D eigenvalue weighted by atomic mass is 35.5. The number of carbonyl (C=O) groups excluding carboxylic acids is 2. The molecule has 2 saturated heterocycles. The minimum absolute atomic E-state index is 0.0291. The van der Waals surface area contributed by atoms with Crippen LogP contribution >= 0.6 is 34.9 Å². The summed E-state index contributed by atoms with van der Waals surface area (Å²) in [6.45, 7) is 3.02. The number of halogens is 1. The van der Waals surface area contributed by atoms with Gasteiger partial charge >= 0.3 is 5.91 Å². The molecular weight excluding hydrogens is 584 g/mol. The Morgan fingerprint density at radius 1 is 1.26 bits per heavy atom. The number of rotatable bonds is 6. The number of nitrogens with zero attached hydrogens (tertiary/aromatic N) is 3. The summed E-state index contributed by atoms with van der Waals surface area (Å²) in [6.07, 6.45) is 1.40. The molecular formula is C24H27ClN6O5S3. The molecule has 3 N–H and O–H groups in total. The van der Waals surface area contributed by atoms with E-state index in [1.807, 2.05) is 6.92 Å². The summed E-state index contributed by atoms with van der Waals surface area (Å²) in [5, 5.41) is 7.32. The zero-order valence-corrected chi connectivity index (χ0v) is 24.2. The van der Waals surface area contributed by atoms with Gasteiger partial charge in [0.25, 0.3) is 21.2 Å². The van der Waals surface area contributed by atoms with E-state index in [9.17, 15) is 18.0 Å². The number of fused-ring (bicyclic) bond motifs is 2. The molecule has 3 aliphatic rings. The molecule has 11 nitrogen and oxygen atoms in total. The first-order chi connectivity index (χ1) is 18.7. The van der Waals surface area contributed by atoms with Crippen molar-refractivity contribution in [2.75, 3.05) is 19.6 Å². The third-order valence-corrected chi connectivity index (χ3v) is 11.6. The van der Waals surface area contributed by atoms with E-state index in [0.717, 1.165) is 27.7 Å². The van der Waals surface area contributed by atoms with Crippen LogP contribution < -0.4 is 15.4 Å². The fourth-order valence-corrected chi connectivity index (χ4v) is 9.06. The fourth-order valence-electron chi connectivity index (χ4n) is 5.13. The van der Waals surface area contributed by atoms with Gasteiger partial charge in [-0.25, -0.2) is 18.1 Å². The minimum Gasteiger partial charge on any atom is -0.436 e. The van der Waals surface area contributed by atoms with Crippen molar-refractivity contribution in [3.63, 3.8) is 0 Å². The topological polar surface area (TPSA) is 137 Å². The zero-order chi connectivity index (χ0) is 27.3. The van der Waals surface area contributed by atoms with Gasteiger partial charge in [-0.2, -0.15) is 4.31 Å². The molecule has 1 aromatic carbocycles. The molecule has 0 aliphatic carbocycles. The third-order valence-electron chi connectivity index (χ3n) is 7.21. The van der Waals surface area contributed by atoms with Crippen molar-refractivity contribution in [2.24, 2.45) is 0 Å². The molecule has 2 aromatic heterocycles. The number of piperazine rings is 1. The summed E-state index contributed by atoms with van der Waals surface area (Å²) in [7, 11) is -3.80. The number of sulfonamides is 1. The number of carbonyl (C=O) groups is 2. The highest BCUT2D eigenvalue weighted by molar-refractivity contribution is 8.12. The van der Waals surface area contributed by atoms with E-state index >= 15 is 0 Å². The summed E-state index contributed by atoms with van der Waals surface area (Å²) < 4.78 is 38.7. The molecule has 3 aliphatic heterocycles. The van der Waals surface area contributed by atoms with Crippen LogP contribution in [0.2, 0.25) is 5.02 Å². The Hall–Kier alpha value is -2.20. The Morgan fingerprint density at radius 3 is 2.90 bits per heavy atom. The standard InChI is InChI=1S/C24H27ClN6O5S3/c1-13-8-17-18(11-26-13)36-22(27-17)23(32)31-7-6-30(12-16(31)4-5-20-28-24(33)38-29-20)39(34,35)21-9-14-2-3-15(25)10-19(14)37-21/h2-3,9-10,13,16,20,26,29H,4-8,11-12H2,1H3,(H,28,33). The van der Waals surface area contributed by atoms with Gasteiger partial charge in [0.05, 0.1) is 18.4 Å². The summed E-state index contributed by atoms with van der Waals surface area (Å²) >= 11 is 8.28. The van der Waals surface area contributed by atoms with E-state index < -0.39 is 16.1 Å². The largest absolute Gasteiger partial charge is 0.436 e. The molecule has 15 heteroatoms. The van der Waals surface area contributed by atoms with Gasteiger partial charge in [0.15, 0.2) is 0 Å². The van der Waals surface area contributed by atoms with Crippen LogP contribution in [0.15, 0.2) is 32.9 Å². The van der Waals surface area contributed by atoms with Gasteiger partial charge in [-0.05, 0) is 43.4 Å². The second-order valence-electron chi connectivity index (χ2n) is 9.92. The summed E-state index contributed by atoms with van der Waals surface area (Å²) in [4.78, 5) is 31.4. The van der Waals surface area contributed by atoms with Crippen LogP contribution in [0.1, 0.15) is 41.9 Å². The van der Waals surface area contributed by atoms with E-state index in [1.165, 1.54) is 15.6 Å². The molecule has 39 heavy (non-hydrogen) atoms. The molecule has 3 unspecified atom stereocenters. The van der Waals surface area contributed by atoms with Crippen molar-refractivity contribution in [1.29, 1.82) is 0 Å². The quantitative estimate of drug-likeness (QED) is 0.359. The van der Waals surface area contributed by atoms with Gasteiger partial charge in [-0.1, -0.05) is 17.7 Å². The number of benzene rings is 1. The Morgan fingerprint density at radius 2 is 2.10 bits per heavy atom. The molecule has 0 bridgehead atoms. The first kappa shape index (κ1) is 27.0. The average molecular weight is 611 g/mol. The molecule has 0 saturated carbocycles. The Kier molecular flexibility index (Phi) is 7.37. The van der Waals surface area contributed by atoms with Gasteiger partial charge in [-0.15, -0.1) is 11.3 Å². The number of aromatic nitrogens is 1. The van der Waals surface area contributed by atoms with Crippen molar-refractivity contribution in [3.05, 3.63) is 46.6 Å². The lowest BCUT2D eigenvalue weighted by Crippen LogP contribution is -2.56. The highest BCUT2D eigenvalue weighted by Crippen LogP contribution is 2.34. The summed E-state index contributed by atoms with van der Waals surface area (Å²) in [5.74, 6) is 0.337. The van der Waals surface area contributed by atoms with Crippen LogP contribution in [-0.4, -0.2) is 71.6 Å². The fraction of sp³-hybridized carbons (Fsp3) is 0.458. The number of thiophene rings is 1. The van der Waals surface area contributed by atoms with E-state index in [2.05, 4.69) is 20.3 Å². The molecule has 208 valence electrons. The van der Waals surface area contributed by atoms with E-state index in [4.69, 9.17) is 16.0 Å². The number of hydrogen-bond acceptors (Lipinski definition) is 10. The summed E-state index contributed by atoms with van der Waals surface area (Å²) in [5.41, 5.74) is 0.780. The SMILES string of the molecule is CC1Cc2nc(C(=O)N3CCN(S(=O)(=O)c4cc5ccc(Cl)cc5s4)CC3CCC3NSC(=O)N3)oc2CN1. The van der Waals surface area contributed by atoms with Gasteiger partial charge < -0.3 is 20.0 Å². The van der Waals surface area contributed by atoms with Crippen LogP contribution in [0.25, 0.3) is 10.1 Å². The van der Waals surface area contributed by atoms with Crippen LogP contribution in [0.5, 0.6) is 0 Å². The van der Waals surface area contributed by atoms with Crippen LogP contribution in [-0.2, 0) is 23.0 Å². The van der Waals surface area contributed by atoms with Gasteiger partial charge in [0.2, 0.25) is 0 Å². The Labute approximate surface area is 238 Å². The second kappa shape index (κ2) is 10.7. The van der Waals surface area contributed by atoms with Crippen LogP contribution in [0, 0.1) is 0 Å². The molecule has 2 fully saturated rings. The van der Waals surface area contributed by atoms with Crippen molar-refractivity contribution >= 4 is 66.1 Å². The smallest absolute Gasteiger partial charge is 0.310 e. The first-order valence-corrected chi connectivity index (χ1v) is 16.1. The highest BCUT2D eigenvalue weighted by Gasteiger charge is 2.39. The maximum atomic E-state index is 13.7. The lowest BCUT2D eigenvalue weighted by atomic mass is 10.1. The predicted molar refractivity (Wildman–Crippen MR) is 149 cm³/mol. The Bertz CT molecular complexity index is 1540. The van der Waals surface area contributed by atoms with E-state index in [-0.39, 0.29) is 53.1 Å².